The highest BCUT2D eigenvalue weighted by Gasteiger charge is 2.48. The number of pyridine rings is 1. The number of nitrogens with two attached hydrogens (primary N) is 1. The standard InChI is InChI=1S/C18H25F3N4O7S2/c19-18(20,21)15-7-14(10-25(11-15)34(29,30)24-3-5-31-6-4-24)12-33(27,28)16-8-13(1-2-23-16)9-17(26)32-22/h1-2,8,14-15H,3-7,9-12,22H2. The van der Waals surface area contributed by atoms with E-state index in [0.29, 0.717) is 4.31 Å². The first-order chi connectivity index (χ1) is 15.8. The van der Waals surface area contributed by atoms with E-state index < -0.39 is 67.8 Å². The van der Waals surface area contributed by atoms with Crippen molar-refractivity contribution in [2.24, 2.45) is 17.7 Å². The molecule has 34 heavy (non-hydrogen) atoms. The van der Waals surface area contributed by atoms with Gasteiger partial charge in [-0.15, -0.1) is 0 Å². The van der Waals surface area contributed by atoms with Crippen LogP contribution < -0.4 is 5.90 Å². The molecule has 0 aliphatic carbocycles. The first-order valence-electron chi connectivity index (χ1n) is 10.3. The van der Waals surface area contributed by atoms with Crippen molar-refractivity contribution in [1.82, 2.24) is 13.6 Å². The molecule has 0 spiro atoms. The Morgan fingerprint density at radius 3 is 2.47 bits per heavy atom. The summed E-state index contributed by atoms with van der Waals surface area (Å²) in [4.78, 5) is 19.2. The molecule has 2 aliphatic heterocycles. The minimum Gasteiger partial charge on any atom is -0.379 e. The van der Waals surface area contributed by atoms with Crippen LogP contribution in [0.15, 0.2) is 23.4 Å². The zero-order chi connectivity index (χ0) is 25.1. The van der Waals surface area contributed by atoms with E-state index in [1.165, 1.54) is 6.07 Å². The van der Waals surface area contributed by atoms with Crippen LogP contribution in [-0.4, -0.2) is 87.7 Å². The van der Waals surface area contributed by atoms with Gasteiger partial charge in [0.15, 0.2) is 14.9 Å². The smallest absolute Gasteiger partial charge is 0.379 e. The molecule has 2 saturated heterocycles. The highest BCUT2D eigenvalue weighted by molar-refractivity contribution is 7.91. The molecule has 0 saturated carbocycles. The summed E-state index contributed by atoms with van der Waals surface area (Å²) >= 11 is 0. The molecule has 2 unspecified atom stereocenters. The molecule has 0 bridgehead atoms. The molecule has 192 valence electrons. The average molecular weight is 531 g/mol. The highest BCUT2D eigenvalue weighted by Crippen LogP contribution is 2.37. The molecule has 2 atom stereocenters. The van der Waals surface area contributed by atoms with Crippen molar-refractivity contribution < 1.29 is 44.4 Å². The maximum Gasteiger partial charge on any atom is 0.393 e. The fourth-order valence-corrected chi connectivity index (χ4v) is 7.27. The fraction of sp³-hybridized carbons (Fsp3) is 0.667. The number of ether oxygens (including phenoxy) is 1. The Morgan fingerprint density at radius 1 is 1.18 bits per heavy atom. The number of hydrogen-bond donors (Lipinski definition) is 1. The number of sulfone groups is 1. The lowest BCUT2D eigenvalue weighted by atomic mass is 9.91. The third-order valence-electron chi connectivity index (χ3n) is 5.64. The van der Waals surface area contributed by atoms with Gasteiger partial charge in [0.25, 0.3) is 10.2 Å². The van der Waals surface area contributed by atoms with E-state index in [2.05, 4.69) is 9.82 Å². The Kier molecular flexibility index (Phi) is 8.19. The van der Waals surface area contributed by atoms with Crippen molar-refractivity contribution in [2.45, 2.75) is 24.0 Å². The molecule has 16 heteroatoms. The summed E-state index contributed by atoms with van der Waals surface area (Å²) in [5.74, 6) is 0.0718. The van der Waals surface area contributed by atoms with E-state index in [1.807, 2.05) is 0 Å². The van der Waals surface area contributed by atoms with Crippen LogP contribution in [0.5, 0.6) is 0 Å². The van der Waals surface area contributed by atoms with Gasteiger partial charge in [-0.25, -0.2) is 13.4 Å². The van der Waals surface area contributed by atoms with Gasteiger partial charge in [-0.3, -0.25) is 4.79 Å². The van der Waals surface area contributed by atoms with Crippen molar-refractivity contribution in [2.75, 3.05) is 45.1 Å². The molecule has 11 nitrogen and oxygen atoms in total. The molecule has 1 aromatic heterocycles. The first-order valence-corrected chi connectivity index (χ1v) is 13.3. The van der Waals surface area contributed by atoms with Gasteiger partial charge in [-0.2, -0.15) is 36.1 Å². The minimum absolute atomic E-state index is 0.000426. The molecule has 2 aliphatic rings. The van der Waals surface area contributed by atoms with Crippen molar-refractivity contribution in [3.05, 3.63) is 23.9 Å². The lowest BCUT2D eigenvalue weighted by Crippen LogP contribution is -2.55. The van der Waals surface area contributed by atoms with Gasteiger partial charge in [0, 0.05) is 32.4 Å². The number of halogens is 3. The van der Waals surface area contributed by atoms with Crippen LogP contribution in [0.1, 0.15) is 12.0 Å². The van der Waals surface area contributed by atoms with E-state index in [9.17, 15) is 34.8 Å². The Morgan fingerprint density at radius 2 is 1.85 bits per heavy atom. The summed E-state index contributed by atoms with van der Waals surface area (Å²) in [5, 5.41) is -0.438. The number of nitrogens with zero attached hydrogens (tertiary/aromatic N) is 3. The number of hydrogen-bond acceptors (Lipinski definition) is 9. The summed E-state index contributed by atoms with van der Waals surface area (Å²) in [6, 6.07) is 2.48. The van der Waals surface area contributed by atoms with Crippen LogP contribution in [0, 0.1) is 11.8 Å². The van der Waals surface area contributed by atoms with Crippen molar-refractivity contribution >= 4 is 26.0 Å². The van der Waals surface area contributed by atoms with Gasteiger partial charge in [0.05, 0.1) is 31.3 Å². The Bertz CT molecular complexity index is 1090. The lowest BCUT2D eigenvalue weighted by Gasteiger charge is -2.40. The van der Waals surface area contributed by atoms with Crippen LogP contribution in [-0.2, 0) is 40.8 Å². The predicted molar refractivity (Wildman–Crippen MR) is 111 cm³/mol. The third-order valence-corrected chi connectivity index (χ3v) is 9.38. The van der Waals surface area contributed by atoms with E-state index >= 15 is 0 Å². The molecular weight excluding hydrogens is 505 g/mol. The number of aromatic nitrogens is 1. The second kappa shape index (κ2) is 10.4. The van der Waals surface area contributed by atoms with Gasteiger partial charge in [0.1, 0.15) is 0 Å². The third kappa shape index (κ3) is 6.42. The second-order valence-corrected chi connectivity index (χ2v) is 12.0. The number of carbonyl (C=O) groups is 1. The monoisotopic (exact) mass is 530 g/mol. The highest BCUT2D eigenvalue weighted by atomic mass is 32.2. The maximum atomic E-state index is 13.6. The van der Waals surface area contributed by atoms with Crippen LogP contribution >= 0.6 is 0 Å². The van der Waals surface area contributed by atoms with Crippen molar-refractivity contribution in [3.63, 3.8) is 0 Å². The van der Waals surface area contributed by atoms with E-state index in [-0.39, 0.29) is 44.8 Å². The lowest BCUT2D eigenvalue weighted by molar-refractivity contribution is -0.186. The summed E-state index contributed by atoms with van der Waals surface area (Å²) in [6.07, 6.45) is -4.44. The minimum atomic E-state index is -4.71. The van der Waals surface area contributed by atoms with Crippen LogP contribution in [0.2, 0.25) is 0 Å². The Hall–Kier alpha value is -1.85. The van der Waals surface area contributed by atoms with Gasteiger partial charge < -0.3 is 9.57 Å². The number of rotatable bonds is 7. The van der Waals surface area contributed by atoms with Gasteiger partial charge in [-0.05, 0) is 30.0 Å². The normalized spacial score (nSPS) is 23.5. The van der Waals surface area contributed by atoms with Crippen LogP contribution in [0.3, 0.4) is 0 Å². The quantitative estimate of drug-likeness (QED) is 0.477. The predicted octanol–water partition coefficient (Wildman–Crippen LogP) is -0.108. The van der Waals surface area contributed by atoms with Gasteiger partial charge >= 0.3 is 12.1 Å². The molecule has 3 rings (SSSR count). The number of morpholine rings is 1. The maximum absolute atomic E-state index is 13.6. The van der Waals surface area contributed by atoms with Gasteiger partial charge in [0.2, 0.25) is 0 Å². The van der Waals surface area contributed by atoms with Crippen molar-refractivity contribution in [3.8, 4) is 0 Å². The molecular formula is C18H25F3N4O7S2. The Balaban J connectivity index is 1.83. The number of carbonyl (C=O) groups excluding carboxylic acids is 1. The van der Waals surface area contributed by atoms with E-state index in [4.69, 9.17) is 10.6 Å². The van der Waals surface area contributed by atoms with E-state index in [1.54, 1.807) is 0 Å². The second-order valence-electron chi connectivity index (χ2n) is 8.13. The summed E-state index contributed by atoms with van der Waals surface area (Å²) in [6.45, 7) is -0.930. The average Bonchev–Trinajstić information content (AvgIpc) is 2.78. The van der Waals surface area contributed by atoms with Gasteiger partial charge in [-0.1, -0.05) is 0 Å². The molecule has 0 radical (unpaired) electrons. The zero-order valence-electron chi connectivity index (χ0n) is 18.0. The van der Waals surface area contributed by atoms with E-state index in [0.717, 1.165) is 16.6 Å². The largest absolute Gasteiger partial charge is 0.393 e. The van der Waals surface area contributed by atoms with Crippen LogP contribution in [0.4, 0.5) is 13.2 Å². The molecule has 0 amide bonds. The molecule has 2 fully saturated rings. The van der Waals surface area contributed by atoms with Crippen molar-refractivity contribution in [1.29, 1.82) is 0 Å². The zero-order valence-corrected chi connectivity index (χ0v) is 19.6. The van der Waals surface area contributed by atoms with Crippen LogP contribution in [0.25, 0.3) is 0 Å². The molecule has 0 aromatic carbocycles. The fourth-order valence-electron chi connectivity index (χ4n) is 3.98. The molecule has 1 aromatic rings. The first kappa shape index (κ1) is 26.7. The molecule has 3 heterocycles. The summed E-state index contributed by atoms with van der Waals surface area (Å²) < 4.78 is 99.5. The Labute approximate surface area is 195 Å². The number of alkyl halides is 3. The topological polar surface area (TPSA) is 149 Å². The number of piperidine rings is 1. The summed E-state index contributed by atoms with van der Waals surface area (Å²) in [7, 11) is -8.45. The SMILES string of the molecule is NOC(=O)Cc1ccnc(S(=O)(=O)CC2CC(C(F)(F)F)CN(S(=O)(=O)N3CCOCC3)C2)c1. The molecule has 2 N–H and O–H groups in total. The summed E-state index contributed by atoms with van der Waals surface area (Å²) in [5.41, 5.74) is 0.234.